The van der Waals surface area contributed by atoms with Crippen LogP contribution in [0.3, 0.4) is 0 Å². The highest BCUT2D eigenvalue weighted by Crippen LogP contribution is 2.36. The molecule has 24 heavy (non-hydrogen) atoms. The van der Waals surface area contributed by atoms with Crippen molar-refractivity contribution in [3.05, 3.63) is 39.2 Å². The van der Waals surface area contributed by atoms with Crippen LogP contribution >= 0.6 is 0 Å². The SMILES string of the molecule is CCc1cc(=O)oc2c(C)c3c(cc12)CN(C[C@@H]1CCCO1)CO3. The van der Waals surface area contributed by atoms with E-state index in [4.69, 9.17) is 13.9 Å². The van der Waals surface area contributed by atoms with E-state index in [9.17, 15) is 4.79 Å². The van der Waals surface area contributed by atoms with Crippen molar-refractivity contribution in [3.8, 4) is 5.75 Å². The Morgan fingerprint density at radius 1 is 1.33 bits per heavy atom. The average molecular weight is 329 g/mol. The molecule has 5 heteroatoms. The summed E-state index contributed by atoms with van der Waals surface area (Å²) in [6, 6.07) is 3.73. The van der Waals surface area contributed by atoms with E-state index in [0.717, 1.165) is 66.8 Å². The van der Waals surface area contributed by atoms with Crippen molar-refractivity contribution in [2.45, 2.75) is 45.8 Å². The molecule has 2 aliphatic heterocycles. The highest BCUT2D eigenvalue weighted by Gasteiger charge is 2.26. The molecular formula is C19H23NO4. The monoisotopic (exact) mass is 329 g/mol. The quantitative estimate of drug-likeness (QED) is 0.810. The van der Waals surface area contributed by atoms with E-state index in [2.05, 4.69) is 17.9 Å². The first kappa shape index (κ1) is 15.7. The summed E-state index contributed by atoms with van der Waals surface area (Å²) in [5, 5.41) is 1.02. The van der Waals surface area contributed by atoms with Crippen LogP contribution in [0.4, 0.5) is 0 Å². The number of benzene rings is 1. The minimum Gasteiger partial charge on any atom is -0.477 e. The number of hydrogen-bond donors (Lipinski definition) is 0. The van der Waals surface area contributed by atoms with Gasteiger partial charge < -0.3 is 13.9 Å². The fraction of sp³-hybridized carbons (Fsp3) is 0.526. The van der Waals surface area contributed by atoms with Gasteiger partial charge in [-0.1, -0.05) is 6.92 Å². The third-order valence-electron chi connectivity index (χ3n) is 5.03. The Morgan fingerprint density at radius 2 is 2.21 bits per heavy atom. The number of aryl methyl sites for hydroxylation is 2. The van der Waals surface area contributed by atoms with Gasteiger partial charge in [0.15, 0.2) is 0 Å². The molecular weight excluding hydrogens is 306 g/mol. The summed E-state index contributed by atoms with van der Waals surface area (Å²) >= 11 is 0. The fourth-order valence-corrected chi connectivity index (χ4v) is 3.82. The number of rotatable bonds is 3. The zero-order valence-corrected chi connectivity index (χ0v) is 14.3. The fourth-order valence-electron chi connectivity index (χ4n) is 3.82. The molecule has 0 aliphatic carbocycles. The lowest BCUT2D eigenvalue weighted by atomic mass is 9.99. The molecule has 1 atom stereocenters. The molecule has 1 aromatic heterocycles. The summed E-state index contributed by atoms with van der Waals surface area (Å²) in [5.41, 5.74) is 3.48. The molecule has 4 rings (SSSR count). The Hall–Kier alpha value is -1.85. The van der Waals surface area contributed by atoms with E-state index in [0.29, 0.717) is 18.4 Å². The van der Waals surface area contributed by atoms with Crippen molar-refractivity contribution in [1.29, 1.82) is 0 Å². The second-order valence-corrected chi connectivity index (χ2v) is 6.73. The van der Waals surface area contributed by atoms with Crippen molar-refractivity contribution in [3.63, 3.8) is 0 Å². The third kappa shape index (κ3) is 2.72. The van der Waals surface area contributed by atoms with Crippen LogP contribution in [0.2, 0.25) is 0 Å². The van der Waals surface area contributed by atoms with E-state index in [-0.39, 0.29) is 5.63 Å². The largest absolute Gasteiger partial charge is 0.477 e. The molecule has 0 spiro atoms. The average Bonchev–Trinajstić information content (AvgIpc) is 3.08. The van der Waals surface area contributed by atoms with E-state index in [1.54, 1.807) is 6.07 Å². The van der Waals surface area contributed by atoms with Crippen molar-refractivity contribution in [2.75, 3.05) is 19.9 Å². The number of nitrogens with zero attached hydrogens (tertiary/aromatic N) is 1. The first-order valence-electron chi connectivity index (χ1n) is 8.71. The van der Waals surface area contributed by atoms with Gasteiger partial charge in [0, 0.05) is 42.3 Å². The highest BCUT2D eigenvalue weighted by molar-refractivity contribution is 5.86. The Balaban J connectivity index is 1.71. The van der Waals surface area contributed by atoms with Gasteiger partial charge in [0.1, 0.15) is 18.1 Å². The Morgan fingerprint density at radius 3 is 2.96 bits per heavy atom. The van der Waals surface area contributed by atoms with Gasteiger partial charge in [0.05, 0.1) is 6.10 Å². The van der Waals surface area contributed by atoms with E-state index in [1.165, 1.54) is 0 Å². The second-order valence-electron chi connectivity index (χ2n) is 6.73. The zero-order valence-electron chi connectivity index (χ0n) is 14.3. The minimum absolute atomic E-state index is 0.293. The van der Waals surface area contributed by atoms with Crippen LogP contribution in [-0.4, -0.2) is 30.9 Å². The first-order chi connectivity index (χ1) is 11.7. The third-order valence-corrected chi connectivity index (χ3v) is 5.03. The van der Waals surface area contributed by atoms with Gasteiger partial charge >= 0.3 is 5.63 Å². The molecule has 0 saturated carbocycles. The molecule has 2 aromatic rings. The topological polar surface area (TPSA) is 51.9 Å². The summed E-state index contributed by atoms with van der Waals surface area (Å²) in [6.45, 7) is 7.20. The maximum absolute atomic E-state index is 11.8. The Bertz CT molecular complexity index is 820. The van der Waals surface area contributed by atoms with Crippen LogP contribution in [0.25, 0.3) is 11.0 Å². The lowest BCUT2D eigenvalue weighted by Gasteiger charge is -2.31. The van der Waals surface area contributed by atoms with E-state index >= 15 is 0 Å². The smallest absolute Gasteiger partial charge is 0.336 e. The van der Waals surface area contributed by atoms with Crippen molar-refractivity contribution in [1.82, 2.24) is 4.90 Å². The minimum atomic E-state index is -0.293. The summed E-state index contributed by atoms with van der Waals surface area (Å²) in [5.74, 6) is 0.863. The predicted octanol–water partition coefficient (Wildman–Crippen LogP) is 2.99. The summed E-state index contributed by atoms with van der Waals surface area (Å²) < 4.78 is 17.2. The molecule has 0 amide bonds. The van der Waals surface area contributed by atoms with Crippen LogP contribution < -0.4 is 10.4 Å². The standard InChI is InChI=1S/C19H23NO4/c1-3-13-8-17(21)24-19-12(2)18-14(7-16(13)19)9-20(11-23-18)10-15-5-4-6-22-15/h7-8,15H,3-6,9-11H2,1-2H3/t15-/m0/s1. The van der Waals surface area contributed by atoms with Crippen molar-refractivity contribution >= 4 is 11.0 Å². The van der Waals surface area contributed by atoms with Gasteiger partial charge in [0.2, 0.25) is 0 Å². The lowest BCUT2D eigenvalue weighted by molar-refractivity contribution is 0.0277. The number of fused-ring (bicyclic) bond motifs is 2. The molecule has 0 bridgehead atoms. The van der Waals surface area contributed by atoms with Crippen LogP contribution in [0.5, 0.6) is 5.75 Å². The first-order valence-corrected chi connectivity index (χ1v) is 8.71. The van der Waals surface area contributed by atoms with Crippen LogP contribution in [0, 0.1) is 6.92 Å². The Kier molecular flexibility index (Phi) is 4.06. The second kappa shape index (κ2) is 6.22. The molecule has 0 unspecified atom stereocenters. The number of hydrogen-bond acceptors (Lipinski definition) is 5. The molecule has 0 radical (unpaired) electrons. The molecule has 3 heterocycles. The molecule has 1 fully saturated rings. The van der Waals surface area contributed by atoms with Crippen LogP contribution in [-0.2, 0) is 17.7 Å². The van der Waals surface area contributed by atoms with Gasteiger partial charge in [-0.3, -0.25) is 4.90 Å². The molecule has 1 aromatic carbocycles. The Labute approximate surface area is 141 Å². The molecule has 5 nitrogen and oxygen atoms in total. The van der Waals surface area contributed by atoms with Gasteiger partial charge in [-0.2, -0.15) is 0 Å². The van der Waals surface area contributed by atoms with Gasteiger partial charge in [0.25, 0.3) is 0 Å². The van der Waals surface area contributed by atoms with Crippen LogP contribution in [0.1, 0.15) is 36.5 Å². The maximum Gasteiger partial charge on any atom is 0.336 e. The normalized spacial score (nSPS) is 21.0. The van der Waals surface area contributed by atoms with Gasteiger partial charge in [-0.05, 0) is 37.8 Å². The van der Waals surface area contributed by atoms with Crippen molar-refractivity contribution in [2.24, 2.45) is 0 Å². The molecule has 0 N–H and O–H groups in total. The molecule has 1 saturated heterocycles. The molecule has 128 valence electrons. The summed E-state index contributed by atoms with van der Waals surface area (Å²) in [6.07, 6.45) is 3.41. The lowest BCUT2D eigenvalue weighted by Crippen LogP contribution is -2.37. The molecule has 2 aliphatic rings. The summed E-state index contributed by atoms with van der Waals surface area (Å²) in [7, 11) is 0. The predicted molar refractivity (Wildman–Crippen MR) is 91.5 cm³/mol. The van der Waals surface area contributed by atoms with E-state index < -0.39 is 0 Å². The summed E-state index contributed by atoms with van der Waals surface area (Å²) in [4.78, 5) is 14.1. The van der Waals surface area contributed by atoms with Crippen LogP contribution in [0.15, 0.2) is 21.3 Å². The van der Waals surface area contributed by atoms with Gasteiger partial charge in [-0.25, -0.2) is 4.79 Å². The zero-order chi connectivity index (χ0) is 16.7. The maximum atomic E-state index is 11.8. The number of ether oxygens (including phenoxy) is 2. The highest BCUT2D eigenvalue weighted by atomic mass is 16.5. The van der Waals surface area contributed by atoms with E-state index in [1.807, 2.05) is 6.92 Å². The van der Waals surface area contributed by atoms with Gasteiger partial charge in [-0.15, -0.1) is 0 Å². The van der Waals surface area contributed by atoms with Crippen molar-refractivity contribution < 1.29 is 13.9 Å².